The van der Waals surface area contributed by atoms with Crippen molar-refractivity contribution in [2.24, 2.45) is 0 Å². The molecule has 0 bridgehead atoms. The van der Waals surface area contributed by atoms with Crippen molar-refractivity contribution in [3.63, 3.8) is 0 Å². The summed E-state index contributed by atoms with van der Waals surface area (Å²) in [6.45, 7) is 0. The Balaban J connectivity index is 2.93. The number of hydrogen-bond acceptors (Lipinski definition) is 2. The van der Waals surface area contributed by atoms with Gasteiger partial charge in [-0.1, -0.05) is 0 Å². The number of para-hydroxylation sites is 1. The maximum atomic E-state index is 11.1. The summed E-state index contributed by atoms with van der Waals surface area (Å²) in [5.41, 5.74) is 0.445. The Kier molecular flexibility index (Phi) is 1.92. The van der Waals surface area contributed by atoms with Crippen molar-refractivity contribution in [2.45, 2.75) is 0 Å². The van der Waals surface area contributed by atoms with Gasteiger partial charge < -0.3 is 0 Å². The quantitative estimate of drug-likeness (QED) is 0.514. The van der Waals surface area contributed by atoms with Crippen molar-refractivity contribution in [1.29, 1.82) is 0 Å². The molecule has 2 rings (SSSR count). The molecule has 0 saturated heterocycles. The van der Waals surface area contributed by atoms with E-state index in [1.165, 1.54) is 0 Å². The topological polar surface area (TPSA) is 30.2 Å². The average molecular weight is 264 g/mol. The van der Waals surface area contributed by atoms with Gasteiger partial charge in [-0.15, -0.1) is 0 Å². The van der Waals surface area contributed by atoms with Crippen LogP contribution in [0.25, 0.3) is 11.0 Å². The van der Waals surface area contributed by atoms with E-state index in [0.29, 0.717) is 5.58 Å². The average Bonchev–Trinajstić information content (AvgIpc) is 2.07. The fourth-order valence-corrected chi connectivity index (χ4v) is 1.65. The van der Waals surface area contributed by atoms with E-state index in [4.69, 9.17) is 4.42 Å². The van der Waals surface area contributed by atoms with E-state index < -0.39 is 0 Å². The second-order valence-corrected chi connectivity index (χ2v) is 4.02. The van der Waals surface area contributed by atoms with E-state index >= 15 is 0 Å². The number of fused-ring (bicyclic) bond motifs is 1. The molecule has 1 aromatic heterocycles. The van der Waals surface area contributed by atoms with Crippen LogP contribution >= 0.6 is 0 Å². The zero-order chi connectivity index (χ0) is 8.55. The first-order chi connectivity index (χ1) is 5.77. The van der Waals surface area contributed by atoms with Crippen molar-refractivity contribution in [1.82, 2.24) is 0 Å². The summed E-state index contributed by atoms with van der Waals surface area (Å²) in [5, 5.41) is 0.990. The molecule has 0 amide bonds. The zero-order valence-corrected chi connectivity index (χ0v) is 9.06. The molecule has 2 aromatic rings. The Morgan fingerprint density at radius 3 is 2.83 bits per heavy atom. The molecule has 2 nitrogen and oxygen atoms in total. The fraction of sp³-hybridized carbons (Fsp3) is 0. The molecule has 0 aliphatic heterocycles. The van der Waals surface area contributed by atoms with Crippen LogP contribution in [0.15, 0.2) is 39.5 Å². The van der Waals surface area contributed by atoms with Gasteiger partial charge in [-0.25, -0.2) is 0 Å². The summed E-state index contributed by atoms with van der Waals surface area (Å²) in [6, 6.07) is 9.39. The van der Waals surface area contributed by atoms with Crippen LogP contribution in [0.5, 0.6) is 0 Å². The Morgan fingerprint density at radius 1 is 1.25 bits per heavy atom. The standard InChI is InChI=1S/C9H5O2.Sn/c10-9-6-5-7-3-1-2-4-8(7)11-9;/h1-5H;. The summed E-state index contributed by atoms with van der Waals surface area (Å²) < 4.78 is 5.80. The van der Waals surface area contributed by atoms with Crippen LogP contribution in [0.3, 0.4) is 0 Å². The van der Waals surface area contributed by atoms with Crippen LogP contribution in [0.2, 0.25) is 0 Å². The molecule has 12 heavy (non-hydrogen) atoms. The van der Waals surface area contributed by atoms with Crippen molar-refractivity contribution in [3.8, 4) is 0 Å². The van der Waals surface area contributed by atoms with Gasteiger partial charge in [0.2, 0.25) is 0 Å². The first-order valence-electron chi connectivity index (χ1n) is 3.52. The molecule has 0 atom stereocenters. The molecule has 0 N–H and O–H groups in total. The Morgan fingerprint density at radius 2 is 2.00 bits per heavy atom. The summed E-state index contributed by atoms with van der Waals surface area (Å²) in [5.74, 6) is 0. The van der Waals surface area contributed by atoms with Crippen LogP contribution in [-0.2, 0) is 0 Å². The number of hydrogen-bond donors (Lipinski definition) is 0. The molecule has 0 unspecified atom stereocenters. The third kappa shape index (κ3) is 1.26. The molecule has 57 valence electrons. The van der Waals surface area contributed by atoms with E-state index in [0.717, 1.165) is 31.5 Å². The molecular weight excluding hydrogens is 259 g/mol. The SMILES string of the molecule is O=c1oc2ccccc2c[c]1[Sn]. The van der Waals surface area contributed by atoms with E-state index in [2.05, 4.69) is 0 Å². The normalized spacial score (nSPS) is 10.4. The monoisotopic (exact) mass is 265 g/mol. The van der Waals surface area contributed by atoms with Crippen LogP contribution in [0.4, 0.5) is 0 Å². The third-order valence-electron chi connectivity index (χ3n) is 1.64. The van der Waals surface area contributed by atoms with Gasteiger partial charge in [-0.2, -0.15) is 0 Å². The van der Waals surface area contributed by atoms with Gasteiger partial charge in [0.25, 0.3) is 0 Å². The Bertz CT molecular complexity index is 473. The Labute approximate surface area is 82.3 Å². The third-order valence-corrected chi connectivity index (χ3v) is 2.64. The van der Waals surface area contributed by atoms with E-state index in [1.54, 1.807) is 6.07 Å². The van der Waals surface area contributed by atoms with Crippen molar-refractivity contribution >= 4 is 37.1 Å². The first-order valence-corrected chi connectivity index (χ1v) is 4.94. The summed E-state index contributed by atoms with van der Waals surface area (Å²) in [7, 11) is 0. The van der Waals surface area contributed by atoms with Gasteiger partial charge in [0.1, 0.15) is 0 Å². The maximum absolute atomic E-state index is 11.1. The predicted molar refractivity (Wildman–Crippen MR) is 47.9 cm³/mol. The Hall–Kier alpha value is -0.771. The van der Waals surface area contributed by atoms with Gasteiger partial charge >= 0.3 is 82.2 Å². The molecule has 3 heteroatoms. The minimum absolute atomic E-state index is 0.216. The van der Waals surface area contributed by atoms with Crippen LogP contribution in [0, 0.1) is 0 Å². The molecule has 0 spiro atoms. The van der Waals surface area contributed by atoms with Gasteiger partial charge in [0, 0.05) is 0 Å². The van der Waals surface area contributed by atoms with Crippen molar-refractivity contribution in [2.75, 3.05) is 0 Å². The number of benzene rings is 1. The van der Waals surface area contributed by atoms with Gasteiger partial charge in [-0.05, 0) is 0 Å². The molecule has 0 aliphatic carbocycles. The predicted octanol–water partition coefficient (Wildman–Crippen LogP) is 0.587. The second-order valence-electron chi connectivity index (χ2n) is 2.49. The number of rotatable bonds is 0. The van der Waals surface area contributed by atoms with Gasteiger partial charge in [0.15, 0.2) is 0 Å². The van der Waals surface area contributed by atoms with Crippen LogP contribution in [0.1, 0.15) is 0 Å². The van der Waals surface area contributed by atoms with E-state index in [9.17, 15) is 4.79 Å². The summed E-state index contributed by atoms with van der Waals surface area (Å²) >= 11 is 1.09. The van der Waals surface area contributed by atoms with Crippen LogP contribution < -0.4 is 9.20 Å². The van der Waals surface area contributed by atoms with Crippen molar-refractivity contribution in [3.05, 3.63) is 40.8 Å². The zero-order valence-electron chi connectivity index (χ0n) is 6.20. The summed E-state index contributed by atoms with van der Waals surface area (Å²) in [4.78, 5) is 11.1. The van der Waals surface area contributed by atoms with Crippen LogP contribution in [-0.4, -0.2) is 22.5 Å². The first kappa shape index (κ1) is 7.86. The van der Waals surface area contributed by atoms with Gasteiger partial charge in [-0.3, -0.25) is 0 Å². The molecule has 0 aliphatic rings. The fourth-order valence-electron chi connectivity index (χ4n) is 1.06. The molecule has 0 saturated carbocycles. The molecule has 1 heterocycles. The molecular formula is C9H5O2Sn. The van der Waals surface area contributed by atoms with Gasteiger partial charge in [0.05, 0.1) is 0 Å². The summed E-state index contributed by atoms with van der Waals surface area (Å²) in [6.07, 6.45) is 0. The molecule has 0 fully saturated rings. The molecule has 3 radical (unpaired) electrons. The van der Waals surface area contributed by atoms with E-state index in [-0.39, 0.29) is 5.63 Å². The van der Waals surface area contributed by atoms with Crippen molar-refractivity contribution < 1.29 is 4.42 Å². The second kappa shape index (κ2) is 2.93. The van der Waals surface area contributed by atoms with E-state index in [1.807, 2.05) is 24.3 Å². The molecule has 1 aromatic carbocycles. The minimum atomic E-state index is -0.216.